The standard InChI is InChI=1S/C12H7F2N5O2S2/c1-22-12-19-18-11(23-12)15-8(20)10-17-16-9(21-10)7-5(13)3-2-4-6(7)14/h2-4H,1H3,(H,15,18,20). The van der Waals surface area contributed by atoms with Crippen LogP contribution in [0.4, 0.5) is 13.9 Å². The second-order valence-electron chi connectivity index (χ2n) is 4.04. The molecule has 1 N–H and O–H groups in total. The molecular weight excluding hydrogens is 348 g/mol. The molecule has 0 saturated carbocycles. The number of anilines is 1. The van der Waals surface area contributed by atoms with E-state index in [1.54, 1.807) is 0 Å². The maximum atomic E-state index is 13.6. The molecular formula is C12H7F2N5O2S2. The Hall–Kier alpha value is -2.40. The molecule has 1 aromatic carbocycles. The predicted octanol–water partition coefficient (Wildman–Crippen LogP) is 2.84. The highest BCUT2D eigenvalue weighted by molar-refractivity contribution is 8.00. The van der Waals surface area contributed by atoms with Crippen LogP contribution in [0.15, 0.2) is 27.0 Å². The van der Waals surface area contributed by atoms with Crippen LogP contribution >= 0.6 is 23.1 Å². The molecule has 0 spiro atoms. The van der Waals surface area contributed by atoms with Gasteiger partial charge in [-0.2, -0.15) is 0 Å². The normalized spacial score (nSPS) is 10.7. The van der Waals surface area contributed by atoms with Gasteiger partial charge in [-0.1, -0.05) is 29.2 Å². The van der Waals surface area contributed by atoms with Crippen LogP contribution in [0.5, 0.6) is 0 Å². The van der Waals surface area contributed by atoms with Crippen molar-refractivity contribution in [3.8, 4) is 11.5 Å². The van der Waals surface area contributed by atoms with Crippen molar-refractivity contribution in [1.29, 1.82) is 0 Å². The van der Waals surface area contributed by atoms with Crippen molar-refractivity contribution in [2.45, 2.75) is 4.34 Å². The van der Waals surface area contributed by atoms with E-state index in [0.717, 1.165) is 23.5 Å². The van der Waals surface area contributed by atoms with E-state index in [0.29, 0.717) is 4.34 Å². The molecule has 23 heavy (non-hydrogen) atoms. The summed E-state index contributed by atoms with van der Waals surface area (Å²) < 4.78 is 33.0. The third-order valence-corrected chi connectivity index (χ3v) is 4.41. The summed E-state index contributed by atoms with van der Waals surface area (Å²) in [5.74, 6) is -3.34. The van der Waals surface area contributed by atoms with E-state index in [2.05, 4.69) is 25.7 Å². The molecule has 0 radical (unpaired) electrons. The number of nitrogens with zero attached hydrogens (tertiary/aromatic N) is 4. The Morgan fingerprint density at radius 2 is 1.96 bits per heavy atom. The first-order valence-electron chi connectivity index (χ1n) is 6.05. The fourth-order valence-corrected chi connectivity index (χ4v) is 2.78. The van der Waals surface area contributed by atoms with Crippen LogP contribution in [0, 0.1) is 11.6 Å². The minimum atomic E-state index is -0.866. The number of thioether (sulfide) groups is 1. The predicted molar refractivity (Wildman–Crippen MR) is 79.3 cm³/mol. The molecule has 7 nitrogen and oxygen atoms in total. The van der Waals surface area contributed by atoms with Gasteiger partial charge >= 0.3 is 11.8 Å². The van der Waals surface area contributed by atoms with Crippen LogP contribution in [0.3, 0.4) is 0 Å². The van der Waals surface area contributed by atoms with Gasteiger partial charge in [0.15, 0.2) is 4.34 Å². The molecule has 3 aromatic rings. The number of carbonyl (C=O) groups excluding carboxylic acids is 1. The minimum Gasteiger partial charge on any atom is -0.412 e. The summed E-state index contributed by atoms with van der Waals surface area (Å²) in [6, 6.07) is 3.30. The summed E-state index contributed by atoms with van der Waals surface area (Å²) in [6.07, 6.45) is 1.82. The first kappa shape index (κ1) is 15.5. The Kier molecular flexibility index (Phi) is 4.30. The Balaban J connectivity index is 1.82. The van der Waals surface area contributed by atoms with Crippen molar-refractivity contribution in [3.05, 3.63) is 35.7 Å². The van der Waals surface area contributed by atoms with Crippen molar-refractivity contribution in [3.63, 3.8) is 0 Å². The maximum absolute atomic E-state index is 13.6. The molecule has 0 unspecified atom stereocenters. The molecule has 0 aliphatic rings. The lowest BCUT2D eigenvalue weighted by Crippen LogP contribution is -2.12. The Morgan fingerprint density at radius 3 is 2.61 bits per heavy atom. The lowest BCUT2D eigenvalue weighted by molar-refractivity contribution is 0.0990. The van der Waals surface area contributed by atoms with Crippen LogP contribution in [0.2, 0.25) is 0 Å². The minimum absolute atomic E-state index is 0.246. The lowest BCUT2D eigenvalue weighted by atomic mass is 10.2. The van der Waals surface area contributed by atoms with E-state index in [4.69, 9.17) is 4.42 Å². The molecule has 2 heterocycles. The van der Waals surface area contributed by atoms with Gasteiger partial charge in [-0.15, -0.1) is 20.4 Å². The molecule has 0 aliphatic carbocycles. The van der Waals surface area contributed by atoms with Crippen LogP contribution in [0.25, 0.3) is 11.5 Å². The molecule has 0 saturated heterocycles. The highest BCUT2D eigenvalue weighted by Gasteiger charge is 2.21. The average Bonchev–Trinajstić information content (AvgIpc) is 3.16. The number of benzene rings is 1. The number of amides is 1. The molecule has 1 amide bonds. The third-order valence-electron chi connectivity index (χ3n) is 2.60. The van der Waals surface area contributed by atoms with Crippen LogP contribution < -0.4 is 5.32 Å². The van der Waals surface area contributed by atoms with Crippen LogP contribution in [0.1, 0.15) is 10.7 Å². The first-order chi connectivity index (χ1) is 11.1. The van der Waals surface area contributed by atoms with Gasteiger partial charge < -0.3 is 4.42 Å². The molecule has 0 fully saturated rings. The summed E-state index contributed by atoms with van der Waals surface area (Å²) in [4.78, 5) is 12.0. The van der Waals surface area contributed by atoms with E-state index in [-0.39, 0.29) is 5.13 Å². The largest absolute Gasteiger partial charge is 0.412 e. The first-order valence-corrected chi connectivity index (χ1v) is 8.09. The number of nitrogens with one attached hydrogen (secondary N) is 1. The number of hydrogen-bond donors (Lipinski definition) is 1. The number of aromatic nitrogens is 4. The van der Waals surface area contributed by atoms with Crippen molar-refractivity contribution < 1.29 is 18.0 Å². The zero-order chi connectivity index (χ0) is 16.4. The van der Waals surface area contributed by atoms with E-state index < -0.39 is 34.9 Å². The van der Waals surface area contributed by atoms with E-state index >= 15 is 0 Å². The Labute approximate surface area is 136 Å². The molecule has 3 rings (SSSR count). The fraction of sp³-hybridized carbons (Fsp3) is 0.0833. The Bertz CT molecular complexity index is 847. The van der Waals surface area contributed by atoms with Crippen molar-refractivity contribution in [2.75, 3.05) is 11.6 Å². The molecule has 0 atom stereocenters. The number of halogens is 2. The van der Waals surface area contributed by atoms with E-state index in [1.807, 2.05) is 6.26 Å². The summed E-state index contributed by atoms with van der Waals surface area (Å²) >= 11 is 2.54. The maximum Gasteiger partial charge on any atom is 0.315 e. The van der Waals surface area contributed by atoms with Gasteiger partial charge in [0, 0.05) is 0 Å². The van der Waals surface area contributed by atoms with Crippen molar-refractivity contribution >= 4 is 34.1 Å². The lowest BCUT2D eigenvalue weighted by Gasteiger charge is -1.98. The average molecular weight is 355 g/mol. The third kappa shape index (κ3) is 3.19. The molecule has 0 aliphatic heterocycles. The highest BCUT2D eigenvalue weighted by atomic mass is 32.2. The molecule has 0 bridgehead atoms. The van der Waals surface area contributed by atoms with Crippen LogP contribution in [-0.4, -0.2) is 32.6 Å². The summed E-state index contributed by atoms with van der Waals surface area (Å²) in [7, 11) is 0. The van der Waals surface area contributed by atoms with Gasteiger partial charge in [-0.05, 0) is 18.4 Å². The monoisotopic (exact) mass is 355 g/mol. The smallest absolute Gasteiger partial charge is 0.315 e. The molecule has 11 heteroatoms. The summed E-state index contributed by atoms with van der Waals surface area (Å²) in [5, 5.41) is 17.2. The summed E-state index contributed by atoms with van der Waals surface area (Å²) in [5.41, 5.74) is -0.486. The Morgan fingerprint density at radius 1 is 1.22 bits per heavy atom. The van der Waals surface area contributed by atoms with Crippen LogP contribution in [-0.2, 0) is 0 Å². The van der Waals surface area contributed by atoms with Gasteiger partial charge in [-0.25, -0.2) is 8.78 Å². The van der Waals surface area contributed by atoms with Gasteiger partial charge in [0.2, 0.25) is 5.13 Å². The van der Waals surface area contributed by atoms with E-state index in [9.17, 15) is 13.6 Å². The van der Waals surface area contributed by atoms with Gasteiger partial charge in [-0.3, -0.25) is 10.1 Å². The van der Waals surface area contributed by atoms with Gasteiger partial charge in [0.25, 0.3) is 5.89 Å². The zero-order valence-corrected chi connectivity index (χ0v) is 13.0. The van der Waals surface area contributed by atoms with Crippen molar-refractivity contribution in [2.24, 2.45) is 0 Å². The van der Waals surface area contributed by atoms with Crippen molar-refractivity contribution in [1.82, 2.24) is 20.4 Å². The van der Waals surface area contributed by atoms with Gasteiger partial charge in [0.05, 0.1) is 0 Å². The highest BCUT2D eigenvalue weighted by Crippen LogP contribution is 2.26. The van der Waals surface area contributed by atoms with Gasteiger partial charge in [0.1, 0.15) is 17.2 Å². The number of carbonyl (C=O) groups is 1. The quantitative estimate of drug-likeness (QED) is 0.568. The second-order valence-corrected chi connectivity index (χ2v) is 6.07. The topological polar surface area (TPSA) is 93.8 Å². The second kappa shape index (κ2) is 6.38. The number of rotatable bonds is 4. The SMILES string of the molecule is CSc1nnc(NC(=O)c2nnc(-c3c(F)cccc3F)o2)s1. The van der Waals surface area contributed by atoms with E-state index in [1.165, 1.54) is 17.8 Å². The number of hydrogen-bond acceptors (Lipinski definition) is 8. The fourth-order valence-electron chi connectivity index (χ4n) is 1.61. The zero-order valence-electron chi connectivity index (χ0n) is 11.4. The summed E-state index contributed by atoms with van der Waals surface area (Å²) in [6.45, 7) is 0. The molecule has 118 valence electrons. The molecule has 2 aromatic heterocycles.